The van der Waals surface area contributed by atoms with Crippen LogP contribution in [0.5, 0.6) is 0 Å². The summed E-state index contributed by atoms with van der Waals surface area (Å²) >= 11 is 1.91. The number of carbonyl (C=O) groups excluding carboxylic acids is 1. The Morgan fingerprint density at radius 1 is 1.38 bits per heavy atom. The lowest BCUT2D eigenvalue weighted by Gasteiger charge is -2.32. The summed E-state index contributed by atoms with van der Waals surface area (Å²) in [6, 6.07) is 8.26. The van der Waals surface area contributed by atoms with Crippen LogP contribution in [0.3, 0.4) is 0 Å². The first-order chi connectivity index (χ1) is 15.6. The van der Waals surface area contributed by atoms with E-state index in [-0.39, 0.29) is 5.84 Å². The normalized spacial score (nSPS) is 18.4. The summed E-state index contributed by atoms with van der Waals surface area (Å²) in [7, 11) is 0. The molecule has 0 radical (unpaired) electrons. The van der Waals surface area contributed by atoms with E-state index in [2.05, 4.69) is 39.7 Å². The SMILES string of the molecule is CSCCN1CCC(c2ccc(NC(=O)C(N)=N/C=C/C#N)c(C3=CCCCC3)c2)CC1. The van der Waals surface area contributed by atoms with Crippen molar-refractivity contribution in [2.24, 2.45) is 10.7 Å². The molecule has 1 fully saturated rings. The van der Waals surface area contributed by atoms with E-state index in [1.807, 2.05) is 23.9 Å². The monoisotopic (exact) mass is 451 g/mol. The molecular formula is C25H33N5OS. The number of hydrogen-bond donors (Lipinski definition) is 2. The Kier molecular flexibility index (Phi) is 9.39. The second-order valence-electron chi connectivity index (χ2n) is 8.30. The summed E-state index contributed by atoms with van der Waals surface area (Å²) in [5.41, 5.74) is 10.3. The van der Waals surface area contributed by atoms with E-state index in [1.54, 1.807) is 0 Å². The number of carbonyl (C=O) groups is 1. The van der Waals surface area contributed by atoms with E-state index < -0.39 is 5.91 Å². The van der Waals surface area contributed by atoms with Gasteiger partial charge in [0, 0.05) is 35.8 Å². The van der Waals surface area contributed by atoms with Crippen LogP contribution in [-0.2, 0) is 4.79 Å². The van der Waals surface area contributed by atoms with Gasteiger partial charge in [0.25, 0.3) is 5.91 Å². The van der Waals surface area contributed by atoms with Gasteiger partial charge in [0.15, 0.2) is 5.84 Å². The molecule has 1 amide bonds. The van der Waals surface area contributed by atoms with Crippen molar-refractivity contribution in [2.45, 2.75) is 44.4 Å². The molecule has 0 saturated carbocycles. The molecule has 0 aromatic heterocycles. The van der Waals surface area contributed by atoms with Gasteiger partial charge < -0.3 is 16.0 Å². The van der Waals surface area contributed by atoms with Crippen LogP contribution < -0.4 is 11.1 Å². The maximum Gasteiger partial charge on any atom is 0.290 e. The van der Waals surface area contributed by atoms with Crippen molar-refractivity contribution in [3.05, 3.63) is 47.7 Å². The minimum absolute atomic E-state index is 0.165. The first kappa shape index (κ1) is 24.1. The molecule has 7 heteroatoms. The fourth-order valence-corrected chi connectivity index (χ4v) is 4.82. The van der Waals surface area contributed by atoms with Gasteiger partial charge >= 0.3 is 0 Å². The molecule has 1 aromatic rings. The number of nitrogens with two attached hydrogens (primary N) is 1. The molecule has 6 nitrogen and oxygen atoms in total. The van der Waals surface area contributed by atoms with Crippen LogP contribution in [0.15, 0.2) is 41.5 Å². The highest BCUT2D eigenvalue weighted by Gasteiger charge is 2.22. The maximum absolute atomic E-state index is 12.5. The van der Waals surface area contributed by atoms with E-state index in [1.165, 1.54) is 61.4 Å². The Morgan fingerprint density at radius 2 is 2.19 bits per heavy atom. The molecule has 0 bridgehead atoms. The fourth-order valence-electron chi connectivity index (χ4n) is 4.38. The number of piperidine rings is 1. The zero-order valence-electron chi connectivity index (χ0n) is 18.8. The molecule has 1 aliphatic carbocycles. The third-order valence-electron chi connectivity index (χ3n) is 6.19. The van der Waals surface area contributed by atoms with E-state index in [0.717, 1.165) is 37.2 Å². The van der Waals surface area contributed by atoms with Crippen molar-refractivity contribution in [2.75, 3.05) is 37.0 Å². The number of hydrogen-bond acceptors (Lipinski definition) is 5. The highest BCUT2D eigenvalue weighted by molar-refractivity contribution is 7.98. The summed E-state index contributed by atoms with van der Waals surface area (Å²) in [6.45, 7) is 3.46. The predicted octanol–water partition coefficient (Wildman–Crippen LogP) is 4.52. The van der Waals surface area contributed by atoms with Gasteiger partial charge in [0.1, 0.15) is 0 Å². The molecular weight excluding hydrogens is 418 g/mol. The molecule has 2 aliphatic rings. The number of allylic oxidation sites excluding steroid dienone is 3. The molecule has 1 aromatic carbocycles. The molecule has 0 spiro atoms. The number of aliphatic imine (C=N–C) groups is 1. The third-order valence-corrected chi connectivity index (χ3v) is 6.79. The minimum Gasteiger partial charge on any atom is -0.379 e. The molecule has 3 N–H and O–H groups in total. The van der Waals surface area contributed by atoms with E-state index in [4.69, 9.17) is 11.0 Å². The molecule has 1 aliphatic heterocycles. The highest BCUT2D eigenvalue weighted by atomic mass is 32.2. The largest absolute Gasteiger partial charge is 0.379 e. The lowest BCUT2D eigenvalue weighted by atomic mass is 9.85. The summed E-state index contributed by atoms with van der Waals surface area (Å²) in [6.07, 6.45) is 13.7. The Labute approximate surface area is 195 Å². The van der Waals surface area contributed by atoms with Crippen LogP contribution in [0, 0.1) is 11.3 Å². The van der Waals surface area contributed by atoms with Gasteiger partial charge in [-0.25, -0.2) is 4.99 Å². The molecule has 32 heavy (non-hydrogen) atoms. The van der Waals surface area contributed by atoms with Gasteiger partial charge in [-0.05, 0) is 87.1 Å². The molecule has 1 saturated heterocycles. The number of likely N-dealkylation sites (tertiary alicyclic amines) is 1. The van der Waals surface area contributed by atoms with Crippen molar-refractivity contribution < 1.29 is 4.79 Å². The number of thioether (sulfide) groups is 1. The van der Waals surface area contributed by atoms with E-state index in [9.17, 15) is 4.79 Å². The number of nitrogens with zero attached hydrogens (tertiary/aromatic N) is 3. The molecule has 3 rings (SSSR count). The standard InChI is InChI=1S/C25H33N5OS/c1-32-17-16-30-14-10-19(11-15-30)21-8-9-23(22(18-21)20-6-3-2-4-7-20)29-25(31)24(27)28-13-5-12-26/h5-6,8-9,13,18-19H,2-4,7,10-11,14-17H2,1H3,(H2,27,28)(H,29,31)/b13-5+. The van der Waals surface area contributed by atoms with Crippen molar-refractivity contribution in [1.82, 2.24) is 4.90 Å². The Hall–Kier alpha value is -2.56. The Bertz CT molecular complexity index is 923. The average Bonchev–Trinajstić information content (AvgIpc) is 2.84. The Balaban J connectivity index is 1.79. The number of anilines is 1. The number of amidine groups is 1. The summed E-state index contributed by atoms with van der Waals surface area (Å²) in [5, 5.41) is 11.5. The first-order valence-electron chi connectivity index (χ1n) is 11.4. The van der Waals surface area contributed by atoms with Crippen molar-refractivity contribution in [3.63, 3.8) is 0 Å². The van der Waals surface area contributed by atoms with E-state index >= 15 is 0 Å². The van der Waals surface area contributed by atoms with Gasteiger partial charge in [0.2, 0.25) is 0 Å². The van der Waals surface area contributed by atoms with Crippen LogP contribution in [0.2, 0.25) is 0 Å². The topological polar surface area (TPSA) is 94.5 Å². The molecule has 0 atom stereocenters. The first-order valence-corrected chi connectivity index (χ1v) is 12.8. The second kappa shape index (κ2) is 12.5. The third kappa shape index (κ3) is 6.72. The minimum atomic E-state index is -0.458. The zero-order valence-corrected chi connectivity index (χ0v) is 19.7. The number of rotatable bonds is 7. The van der Waals surface area contributed by atoms with Crippen molar-refractivity contribution >= 4 is 34.8 Å². The molecule has 170 valence electrons. The van der Waals surface area contributed by atoms with Crippen LogP contribution in [0.25, 0.3) is 5.57 Å². The second-order valence-corrected chi connectivity index (χ2v) is 9.29. The lowest BCUT2D eigenvalue weighted by Crippen LogP contribution is -2.34. The van der Waals surface area contributed by atoms with Gasteiger partial charge in [0.05, 0.1) is 6.07 Å². The predicted molar refractivity (Wildman–Crippen MR) is 135 cm³/mol. The molecule has 0 unspecified atom stereocenters. The fraction of sp³-hybridized carbons (Fsp3) is 0.480. The van der Waals surface area contributed by atoms with E-state index in [0.29, 0.717) is 5.92 Å². The number of nitrogens with one attached hydrogen (secondary N) is 1. The quantitative estimate of drug-likeness (QED) is 0.361. The van der Waals surface area contributed by atoms with Crippen LogP contribution >= 0.6 is 11.8 Å². The summed E-state index contributed by atoms with van der Waals surface area (Å²) < 4.78 is 0. The molecule has 1 heterocycles. The van der Waals surface area contributed by atoms with Crippen molar-refractivity contribution in [3.8, 4) is 6.07 Å². The summed E-state index contributed by atoms with van der Waals surface area (Å²) in [5.74, 6) is 1.12. The summed E-state index contributed by atoms with van der Waals surface area (Å²) in [4.78, 5) is 18.9. The zero-order chi connectivity index (χ0) is 22.8. The van der Waals surface area contributed by atoms with Gasteiger partial charge in [-0.1, -0.05) is 12.1 Å². The lowest BCUT2D eigenvalue weighted by molar-refractivity contribution is -0.110. The smallest absolute Gasteiger partial charge is 0.290 e. The Morgan fingerprint density at radius 3 is 2.88 bits per heavy atom. The number of benzene rings is 1. The number of amides is 1. The van der Waals surface area contributed by atoms with Crippen LogP contribution in [-0.4, -0.2) is 48.3 Å². The van der Waals surface area contributed by atoms with Crippen LogP contribution in [0.4, 0.5) is 5.69 Å². The van der Waals surface area contributed by atoms with Gasteiger partial charge in [-0.2, -0.15) is 17.0 Å². The number of nitriles is 1. The maximum atomic E-state index is 12.5. The van der Waals surface area contributed by atoms with Crippen molar-refractivity contribution in [1.29, 1.82) is 5.26 Å². The van der Waals surface area contributed by atoms with Gasteiger partial charge in [-0.3, -0.25) is 4.79 Å². The highest BCUT2D eigenvalue weighted by Crippen LogP contribution is 2.36. The van der Waals surface area contributed by atoms with Gasteiger partial charge in [-0.15, -0.1) is 0 Å². The average molecular weight is 452 g/mol. The van der Waals surface area contributed by atoms with Crippen LogP contribution in [0.1, 0.15) is 55.6 Å².